The molecule has 3 aromatic carbocycles. The van der Waals surface area contributed by atoms with Crippen molar-refractivity contribution in [3.05, 3.63) is 84.4 Å². The number of hydrogen-bond donors (Lipinski definition) is 1. The summed E-state index contributed by atoms with van der Waals surface area (Å²) in [6.07, 6.45) is 1.05. The van der Waals surface area contributed by atoms with Crippen molar-refractivity contribution in [2.45, 2.75) is 26.4 Å². The van der Waals surface area contributed by atoms with Gasteiger partial charge < -0.3 is 19.5 Å². The lowest BCUT2D eigenvalue weighted by atomic mass is 10.2. The molecule has 0 aliphatic rings. The standard InChI is InChI=1S/C25H29NO3/c1-3-22(29-25-11-7-8-20(2)18-25)19-26-21-12-14-24(15-13-21)28-17-16-27-23-9-5-4-6-10-23/h4-15,18,22,26H,3,16-17,19H2,1-2H3. The molecule has 0 fully saturated rings. The minimum absolute atomic E-state index is 0.114. The highest BCUT2D eigenvalue weighted by atomic mass is 16.5. The Morgan fingerprint density at radius 2 is 1.41 bits per heavy atom. The van der Waals surface area contributed by atoms with E-state index in [9.17, 15) is 0 Å². The highest BCUT2D eigenvalue weighted by molar-refractivity contribution is 5.46. The van der Waals surface area contributed by atoms with E-state index in [4.69, 9.17) is 14.2 Å². The van der Waals surface area contributed by atoms with E-state index in [1.807, 2.05) is 66.7 Å². The Labute approximate surface area is 173 Å². The lowest BCUT2D eigenvalue weighted by Gasteiger charge is -2.19. The zero-order valence-corrected chi connectivity index (χ0v) is 17.1. The van der Waals surface area contributed by atoms with E-state index in [-0.39, 0.29) is 6.10 Å². The van der Waals surface area contributed by atoms with Crippen LogP contribution in [0.3, 0.4) is 0 Å². The van der Waals surface area contributed by atoms with E-state index in [0.717, 1.165) is 35.9 Å². The average molecular weight is 392 g/mol. The Bertz CT molecular complexity index is 849. The number of ether oxygens (including phenoxy) is 3. The Balaban J connectivity index is 1.40. The van der Waals surface area contributed by atoms with E-state index < -0.39 is 0 Å². The number of aryl methyl sites for hydroxylation is 1. The highest BCUT2D eigenvalue weighted by Gasteiger charge is 2.08. The van der Waals surface area contributed by atoms with Crippen LogP contribution in [0.15, 0.2) is 78.9 Å². The van der Waals surface area contributed by atoms with Crippen molar-refractivity contribution in [3.63, 3.8) is 0 Å². The molecule has 0 saturated heterocycles. The summed E-state index contributed by atoms with van der Waals surface area (Å²) in [5.41, 5.74) is 2.25. The molecule has 0 radical (unpaired) electrons. The summed E-state index contributed by atoms with van der Waals surface area (Å²) in [6, 6.07) is 25.9. The molecular weight excluding hydrogens is 362 g/mol. The minimum atomic E-state index is 0.114. The van der Waals surface area contributed by atoms with Gasteiger partial charge in [0, 0.05) is 5.69 Å². The van der Waals surface area contributed by atoms with Gasteiger partial charge in [0.2, 0.25) is 0 Å². The molecule has 0 saturated carbocycles. The van der Waals surface area contributed by atoms with Crippen LogP contribution in [0.5, 0.6) is 17.2 Å². The molecule has 0 amide bonds. The van der Waals surface area contributed by atoms with Gasteiger partial charge in [0.25, 0.3) is 0 Å². The van der Waals surface area contributed by atoms with Crippen molar-refractivity contribution in [3.8, 4) is 17.2 Å². The molecule has 1 atom stereocenters. The summed E-state index contributed by atoms with van der Waals surface area (Å²) in [5, 5.41) is 3.44. The van der Waals surface area contributed by atoms with E-state index >= 15 is 0 Å². The molecule has 0 bridgehead atoms. The first kappa shape index (κ1) is 20.6. The third-order valence-corrected chi connectivity index (χ3v) is 4.50. The molecule has 0 aromatic heterocycles. The molecule has 4 nitrogen and oxygen atoms in total. The van der Waals surface area contributed by atoms with Gasteiger partial charge in [-0.2, -0.15) is 0 Å². The molecule has 29 heavy (non-hydrogen) atoms. The summed E-state index contributed by atoms with van der Waals surface area (Å²) in [7, 11) is 0. The van der Waals surface area contributed by atoms with Gasteiger partial charge in [-0.05, 0) is 67.4 Å². The second-order valence-electron chi connectivity index (χ2n) is 6.88. The van der Waals surface area contributed by atoms with Crippen molar-refractivity contribution < 1.29 is 14.2 Å². The maximum Gasteiger partial charge on any atom is 0.122 e. The maximum absolute atomic E-state index is 6.09. The molecule has 0 spiro atoms. The van der Waals surface area contributed by atoms with Crippen LogP contribution in [0.25, 0.3) is 0 Å². The lowest BCUT2D eigenvalue weighted by molar-refractivity contribution is 0.210. The van der Waals surface area contributed by atoms with Crippen LogP contribution in [-0.4, -0.2) is 25.9 Å². The van der Waals surface area contributed by atoms with Gasteiger partial charge in [0.05, 0.1) is 6.54 Å². The number of nitrogens with one attached hydrogen (secondary N) is 1. The summed E-state index contributed by atoms with van der Waals surface area (Å²) >= 11 is 0. The predicted octanol–water partition coefficient (Wildman–Crippen LogP) is 5.72. The second kappa shape index (κ2) is 11.0. The van der Waals surface area contributed by atoms with Crippen molar-refractivity contribution in [2.75, 3.05) is 25.1 Å². The van der Waals surface area contributed by atoms with Gasteiger partial charge in [-0.25, -0.2) is 0 Å². The zero-order valence-electron chi connectivity index (χ0n) is 17.1. The van der Waals surface area contributed by atoms with Crippen LogP contribution < -0.4 is 19.5 Å². The third kappa shape index (κ3) is 7.07. The molecule has 4 heteroatoms. The smallest absolute Gasteiger partial charge is 0.122 e. The highest BCUT2D eigenvalue weighted by Crippen LogP contribution is 2.18. The van der Waals surface area contributed by atoms with E-state index in [0.29, 0.717) is 13.2 Å². The third-order valence-electron chi connectivity index (χ3n) is 4.50. The normalized spacial score (nSPS) is 11.5. The number of benzene rings is 3. The monoisotopic (exact) mass is 391 g/mol. The first-order valence-corrected chi connectivity index (χ1v) is 10.1. The van der Waals surface area contributed by atoms with Gasteiger partial charge >= 0.3 is 0 Å². The maximum atomic E-state index is 6.09. The number of para-hydroxylation sites is 1. The van der Waals surface area contributed by atoms with Crippen molar-refractivity contribution in [2.24, 2.45) is 0 Å². The fourth-order valence-electron chi connectivity index (χ4n) is 2.89. The van der Waals surface area contributed by atoms with Crippen LogP contribution in [0.2, 0.25) is 0 Å². The SMILES string of the molecule is CCC(CNc1ccc(OCCOc2ccccc2)cc1)Oc1cccc(C)c1. The first-order valence-electron chi connectivity index (χ1n) is 10.1. The number of rotatable bonds is 11. The fraction of sp³-hybridized carbons (Fsp3) is 0.280. The first-order chi connectivity index (χ1) is 14.2. The van der Waals surface area contributed by atoms with Gasteiger partial charge in [-0.3, -0.25) is 0 Å². The zero-order chi connectivity index (χ0) is 20.3. The Morgan fingerprint density at radius 3 is 2.07 bits per heavy atom. The molecule has 0 aliphatic carbocycles. The quantitative estimate of drug-likeness (QED) is 0.424. The molecule has 0 heterocycles. The summed E-state index contributed by atoms with van der Waals surface area (Å²) in [6.45, 7) is 5.97. The summed E-state index contributed by atoms with van der Waals surface area (Å²) in [4.78, 5) is 0. The Kier molecular flexibility index (Phi) is 7.81. The van der Waals surface area contributed by atoms with E-state index in [1.165, 1.54) is 5.56 Å². The molecule has 1 unspecified atom stereocenters. The van der Waals surface area contributed by atoms with Gasteiger partial charge in [0.1, 0.15) is 36.6 Å². The number of anilines is 1. The average Bonchev–Trinajstić information content (AvgIpc) is 2.76. The molecule has 152 valence electrons. The molecule has 0 aliphatic heterocycles. The second-order valence-corrected chi connectivity index (χ2v) is 6.88. The van der Waals surface area contributed by atoms with Gasteiger partial charge in [-0.15, -0.1) is 0 Å². The van der Waals surface area contributed by atoms with Crippen molar-refractivity contribution in [1.82, 2.24) is 0 Å². The van der Waals surface area contributed by atoms with Crippen LogP contribution in [0.4, 0.5) is 5.69 Å². The number of hydrogen-bond acceptors (Lipinski definition) is 4. The fourth-order valence-corrected chi connectivity index (χ4v) is 2.89. The summed E-state index contributed by atoms with van der Waals surface area (Å²) in [5.74, 6) is 2.60. The van der Waals surface area contributed by atoms with Crippen LogP contribution in [0, 0.1) is 6.92 Å². The topological polar surface area (TPSA) is 39.7 Å². The molecule has 3 aromatic rings. The van der Waals surface area contributed by atoms with Gasteiger partial charge in [-0.1, -0.05) is 37.3 Å². The van der Waals surface area contributed by atoms with Crippen molar-refractivity contribution >= 4 is 5.69 Å². The van der Waals surface area contributed by atoms with Crippen LogP contribution in [0.1, 0.15) is 18.9 Å². The largest absolute Gasteiger partial charge is 0.490 e. The van der Waals surface area contributed by atoms with Crippen LogP contribution in [-0.2, 0) is 0 Å². The molecule has 1 N–H and O–H groups in total. The molecular formula is C25H29NO3. The van der Waals surface area contributed by atoms with Gasteiger partial charge in [0.15, 0.2) is 0 Å². The molecule has 3 rings (SSSR count). The van der Waals surface area contributed by atoms with E-state index in [2.05, 4.69) is 31.3 Å². The van der Waals surface area contributed by atoms with Crippen molar-refractivity contribution in [1.29, 1.82) is 0 Å². The minimum Gasteiger partial charge on any atom is -0.490 e. The predicted molar refractivity (Wildman–Crippen MR) is 118 cm³/mol. The Morgan fingerprint density at radius 1 is 0.759 bits per heavy atom. The van der Waals surface area contributed by atoms with Crippen LogP contribution >= 0.6 is 0 Å². The summed E-state index contributed by atoms with van der Waals surface area (Å²) < 4.78 is 17.5. The Hall–Kier alpha value is -3.14. The lowest BCUT2D eigenvalue weighted by Crippen LogP contribution is -2.25. The van der Waals surface area contributed by atoms with E-state index in [1.54, 1.807) is 0 Å².